The molecule has 0 aliphatic rings. The number of hydrogen-bond donors (Lipinski definition) is 0. The van der Waals surface area contributed by atoms with Gasteiger partial charge in [0.05, 0.1) is 0 Å². The van der Waals surface area contributed by atoms with Crippen molar-refractivity contribution in [2.45, 2.75) is 97.3 Å². The monoisotopic (exact) mass is 460 g/mol. The number of halogens is 1. The Morgan fingerprint density at radius 1 is 0.588 bits per heavy atom. The maximum Gasteiger partial charge on any atom is 0.159 e. The summed E-state index contributed by atoms with van der Waals surface area (Å²) in [5.41, 5.74) is 5.01. The van der Waals surface area contributed by atoms with E-state index < -0.39 is 0 Å². The molecule has 0 fully saturated rings. The predicted molar refractivity (Wildman–Crippen MR) is 142 cm³/mol. The molecule has 0 unspecified atom stereocenters. The van der Waals surface area contributed by atoms with Gasteiger partial charge in [0.25, 0.3) is 0 Å². The van der Waals surface area contributed by atoms with Crippen molar-refractivity contribution >= 4 is 0 Å². The average Bonchev–Trinajstić information content (AvgIpc) is 2.87. The topological polar surface area (TPSA) is 25.8 Å². The maximum absolute atomic E-state index is 14.6. The second-order valence-electron chi connectivity index (χ2n) is 9.48. The number of benzene rings is 2. The van der Waals surface area contributed by atoms with Crippen LogP contribution in [0.5, 0.6) is 0 Å². The van der Waals surface area contributed by atoms with Crippen molar-refractivity contribution in [1.82, 2.24) is 9.97 Å². The summed E-state index contributed by atoms with van der Waals surface area (Å²) in [5.74, 6) is 0.415. The largest absolute Gasteiger partial charge is 0.236 e. The van der Waals surface area contributed by atoms with E-state index in [0.29, 0.717) is 5.82 Å². The molecule has 0 radical (unpaired) electrons. The van der Waals surface area contributed by atoms with E-state index in [1.54, 1.807) is 6.07 Å². The smallest absolute Gasteiger partial charge is 0.159 e. The number of aromatic nitrogens is 2. The maximum atomic E-state index is 14.6. The highest BCUT2D eigenvalue weighted by molar-refractivity contribution is 5.64. The van der Waals surface area contributed by atoms with Crippen LogP contribution in [0.1, 0.15) is 95.6 Å². The minimum Gasteiger partial charge on any atom is -0.236 e. The Kier molecular flexibility index (Phi) is 11.2. The van der Waals surface area contributed by atoms with Crippen LogP contribution < -0.4 is 0 Å². The van der Waals surface area contributed by atoms with Crippen molar-refractivity contribution in [3.63, 3.8) is 0 Å². The van der Waals surface area contributed by atoms with Gasteiger partial charge in [0.2, 0.25) is 0 Å². The lowest BCUT2D eigenvalue weighted by molar-refractivity contribution is 0.588. The molecule has 0 N–H and O–H groups in total. The lowest BCUT2D eigenvalue weighted by Gasteiger charge is -2.07. The Morgan fingerprint density at radius 3 is 1.76 bits per heavy atom. The second-order valence-corrected chi connectivity index (χ2v) is 9.48. The number of aryl methyl sites for hydroxylation is 2. The fraction of sp³-hybridized carbons (Fsp3) is 0.484. The zero-order valence-corrected chi connectivity index (χ0v) is 21.2. The zero-order valence-electron chi connectivity index (χ0n) is 21.2. The van der Waals surface area contributed by atoms with Crippen molar-refractivity contribution in [2.24, 2.45) is 0 Å². The fourth-order valence-electron chi connectivity index (χ4n) is 4.41. The average molecular weight is 461 g/mol. The first-order chi connectivity index (χ1) is 16.7. The molecule has 34 heavy (non-hydrogen) atoms. The molecule has 0 spiro atoms. The van der Waals surface area contributed by atoms with Crippen LogP contribution in [-0.4, -0.2) is 9.97 Å². The summed E-state index contributed by atoms with van der Waals surface area (Å²) in [4.78, 5) is 9.04. The van der Waals surface area contributed by atoms with E-state index in [4.69, 9.17) is 0 Å². The highest BCUT2D eigenvalue weighted by Gasteiger charge is 2.08. The van der Waals surface area contributed by atoms with E-state index in [9.17, 15) is 4.39 Å². The minimum absolute atomic E-state index is 0.151. The highest BCUT2D eigenvalue weighted by atomic mass is 19.1. The standard InChI is InChI=1S/C31H41FN2/c1-3-5-7-9-11-12-14-25-16-18-26(19-17-25)29-23-33-31(34-24-29)28-21-20-27(30(32)22-28)15-13-10-8-6-4-2/h16-24H,3-15H2,1-2H3. The Hall–Kier alpha value is -2.55. The van der Waals surface area contributed by atoms with Gasteiger partial charge in [-0.2, -0.15) is 0 Å². The van der Waals surface area contributed by atoms with Gasteiger partial charge in [-0.1, -0.05) is 108 Å². The number of hydrogen-bond acceptors (Lipinski definition) is 2. The van der Waals surface area contributed by atoms with E-state index in [1.807, 2.05) is 24.5 Å². The van der Waals surface area contributed by atoms with Crippen molar-refractivity contribution in [1.29, 1.82) is 0 Å². The summed E-state index contributed by atoms with van der Waals surface area (Å²) in [6, 6.07) is 14.1. The first kappa shape index (κ1) is 26.1. The van der Waals surface area contributed by atoms with Gasteiger partial charge in [-0.25, -0.2) is 14.4 Å². The van der Waals surface area contributed by atoms with E-state index in [1.165, 1.54) is 69.8 Å². The van der Waals surface area contributed by atoms with Gasteiger partial charge in [0.1, 0.15) is 5.82 Å². The third-order valence-electron chi connectivity index (χ3n) is 6.62. The molecule has 1 aromatic heterocycles. The van der Waals surface area contributed by atoms with Crippen molar-refractivity contribution < 1.29 is 4.39 Å². The molecule has 2 nitrogen and oxygen atoms in total. The molecule has 0 aliphatic carbocycles. The third-order valence-corrected chi connectivity index (χ3v) is 6.62. The molecule has 0 aliphatic heterocycles. The number of rotatable bonds is 15. The van der Waals surface area contributed by atoms with Crippen LogP contribution in [0.25, 0.3) is 22.5 Å². The van der Waals surface area contributed by atoms with Gasteiger partial charge in [-0.15, -0.1) is 0 Å². The Balaban J connectivity index is 1.53. The molecule has 0 saturated heterocycles. The van der Waals surface area contributed by atoms with Gasteiger partial charge in [0.15, 0.2) is 5.82 Å². The van der Waals surface area contributed by atoms with Gasteiger partial charge in [-0.05, 0) is 48.4 Å². The highest BCUT2D eigenvalue weighted by Crippen LogP contribution is 2.23. The van der Waals surface area contributed by atoms with Crippen LogP contribution in [0.15, 0.2) is 54.9 Å². The van der Waals surface area contributed by atoms with Gasteiger partial charge >= 0.3 is 0 Å². The normalized spacial score (nSPS) is 11.1. The van der Waals surface area contributed by atoms with Crippen LogP contribution in [0.2, 0.25) is 0 Å². The molecule has 3 rings (SSSR count). The van der Waals surface area contributed by atoms with E-state index >= 15 is 0 Å². The summed E-state index contributed by atoms with van der Waals surface area (Å²) in [5, 5.41) is 0. The Labute approximate surface area is 206 Å². The predicted octanol–water partition coefficient (Wildman–Crippen LogP) is 9.37. The van der Waals surface area contributed by atoms with Crippen molar-refractivity contribution in [2.75, 3.05) is 0 Å². The van der Waals surface area contributed by atoms with E-state index in [-0.39, 0.29) is 5.82 Å². The Morgan fingerprint density at radius 2 is 1.15 bits per heavy atom. The molecular weight excluding hydrogens is 419 g/mol. The van der Waals surface area contributed by atoms with Gasteiger partial charge in [0, 0.05) is 23.5 Å². The van der Waals surface area contributed by atoms with E-state index in [0.717, 1.165) is 41.5 Å². The molecule has 0 amide bonds. The van der Waals surface area contributed by atoms with Gasteiger partial charge in [-0.3, -0.25) is 0 Å². The molecule has 0 bridgehead atoms. The fourth-order valence-corrected chi connectivity index (χ4v) is 4.41. The van der Waals surface area contributed by atoms with Gasteiger partial charge < -0.3 is 0 Å². The molecule has 0 atom stereocenters. The van der Waals surface area contributed by atoms with Crippen LogP contribution in [0.4, 0.5) is 4.39 Å². The van der Waals surface area contributed by atoms with Crippen molar-refractivity contribution in [3.05, 3.63) is 71.8 Å². The van der Waals surface area contributed by atoms with Crippen LogP contribution in [-0.2, 0) is 12.8 Å². The lowest BCUT2D eigenvalue weighted by atomic mass is 10.0. The quantitative estimate of drug-likeness (QED) is 0.211. The third kappa shape index (κ3) is 8.34. The number of unbranched alkanes of at least 4 members (excludes halogenated alkanes) is 9. The molecular formula is C31H41FN2. The molecule has 2 aromatic carbocycles. The molecule has 1 heterocycles. The van der Waals surface area contributed by atoms with Crippen LogP contribution in [0.3, 0.4) is 0 Å². The second kappa shape index (κ2) is 14.7. The van der Waals surface area contributed by atoms with E-state index in [2.05, 4.69) is 48.1 Å². The van der Waals surface area contributed by atoms with Crippen molar-refractivity contribution in [3.8, 4) is 22.5 Å². The first-order valence-corrected chi connectivity index (χ1v) is 13.4. The summed E-state index contributed by atoms with van der Waals surface area (Å²) in [6.07, 6.45) is 19.5. The lowest BCUT2D eigenvalue weighted by Crippen LogP contribution is -1.95. The molecule has 3 heteroatoms. The minimum atomic E-state index is -0.151. The Bertz CT molecular complexity index is 964. The molecule has 182 valence electrons. The summed E-state index contributed by atoms with van der Waals surface area (Å²) in [6.45, 7) is 4.47. The molecule has 0 saturated carbocycles. The summed E-state index contributed by atoms with van der Waals surface area (Å²) in [7, 11) is 0. The molecule has 3 aromatic rings. The zero-order chi connectivity index (χ0) is 24.0. The number of nitrogens with zero attached hydrogens (tertiary/aromatic N) is 2. The first-order valence-electron chi connectivity index (χ1n) is 13.4. The summed E-state index contributed by atoms with van der Waals surface area (Å²) >= 11 is 0. The summed E-state index contributed by atoms with van der Waals surface area (Å²) < 4.78 is 14.6. The van der Waals surface area contributed by atoms with Crippen LogP contribution in [0, 0.1) is 5.82 Å². The SMILES string of the molecule is CCCCCCCCc1ccc(-c2cnc(-c3ccc(CCCCCCC)c(F)c3)nc2)cc1. The van der Waals surface area contributed by atoms with Crippen LogP contribution >= 0.6 is 0 Å².